The number of carboxylic acids is 1. The maximum atomic E-state index is 10.8. The van der Waals surface area contributed by atoms with Crippen molar-refractivity contribution in [2.45, 2.75) is 58.8 Å². The zero-order chi connectivity index (χ0) is 15.0. The second-order valence-electron chi connectivity index (χ2n) is 5.40. The van der Waals surface area contributed by atoms with Gasteiger partial charge in [-0.1, -0.05) is 40.0 Å². The average molecular weight is 298 g/mol. The number of unbranched alkanes of at least 4 members (excludes halogenated alkanes) is 3. The van der Waals surface area contributed by atoms with Gasteiger partial charge in [-0.25, -0.2) is 4.98 Å². The molecule has 20 heavy (non-hydrogen) atoms. The average Bonchev–Trinajstić information content (AvgIpc) is 2.87. The van der Waals surface area contributed by atoms with Crippen molar-refractivity contribution in [3.63, 3.8) is 0 Å². The summed E-state index contributed by atoms with van der Waals surface area (Å²) in [7, 11) is 0. The Bertz CT molecular complexity index is 404. The first kappa shape index (κ1) is 17.0. The van der Waals surface area contributed by atoms with E-state index in [0.717, 1.165) is 23.8 Å². The Hall–Kier alpha value is -1.10. The summed E-state index contributed by atoms with van der Waals surface area (Å²) in [6.45, 7) is 7.89. The number of hydrogen-bond acceptors (Lipinski definition) is 4. The highest BCUT2D eigenvalue weighted by molar-refractivity contribution is 7.13. The molecule has 0 aliphatic rings. The fourth-order valence-electron chi connectivity index (χ4n) is 1.95. The van der Waals surface area contributed by atoms with Gasteiger partial charge in [-0.3, -0.25) is 4.79 Å². The minimum atomic E-state index is -0.746. The van der Waals surface area contributed by atoms with Gasteiger partial charge in [0, 0.05) is 18.5 Å². The van der Waals surface area contributed by atoms with E-state index in [4.69, 9.17) is 5.11 Å². The lowest BCUT2D eigenvalue weighted by molar-refractivity contribution is -0.136. The van der Waals surface area contributed by atoms with Gasteiger partial charge in [-0.2, -0.15) is 0 Å². The summed E-state index contributed by atoms with van der Waals surface area (Å²) in [6, 6.07) is 0. The highest BCUT2D eigenvalue weighted by atomic mass is 32.1. The first-order valence-corrected chi connectivity index (χ1v) is 8.34. The summed E-state index contributed by atoms with van der Waals surface area (Å²) >= 11 is 1.62. The van der Waals surface area contributed by atoms with E-state index in [1.54, 1.807) is 11.3 Å². The third kappa shape index (κ3) is 5.90. The minimum absolute atomic E-state index is 0.171. The van der Waals surface area contributed by atoms with Crippen molar-refractivity contribution in [3.8, 4) is 0 Å². The van der Waals surface area contributed by atoms with Gasteiger partial charge in [-0.15, -0.1) is 11.3 Å². The number of rotatable bonds is 10. The third-order valence-electron chi connectivity index (χ3n) is 3.25. The monoisotopic (exact) mass is 298 g/mol. The SMILES string of the molecule is CCCCCCN(CCC(=O)O)c1nc(C(C)C)cs1. The molecule has 0 atom stereocenters. The van der Waals surface area contributed by atoms with Crippen LogP contribution < -0.4 is 4.90 Å². The molecule has 1 heterocycles. The molecule has 0 spiro atoms. The van der Waals surface area contributed by atoms with Crippen LogP contribution in [0.25, 0.3) is 0 Å². The molecule has 0 aromatic carbocycles. The lowest BCUT2D eigenvalue weighted by Gasteiger charge is -2.21. The second-order valence-corrected chi connectivity index (χ2v) is 6.24. The van der Waals surface area contributed by atoms with Gasteiger partial charge in [-0.05, 0) is 12.3 Å². The topological polar surface area (TPSA) is 53.4 Å². The van der Waals surface area contributed by atoms with Crippen molar-refractivity contribution >= 4 is 22.4 Å². The molecule has 0 aliphatic carbocycles. The molecule has 0 saturated carbocycles. The molecular formula is C15H26N2O2S. The summed E-state index contributed by atoms with van der Waals surface area (Å²) in [4.78, 5) is 17.5. The molecule has 114 valence electrons. The molecule has 4 nitrogen and oxygen atoms in total. The van der Waals surface area contributed by atoms with Crippen molar-refractivity contribution in [2.75, 3.05) is 18.0 Å². The van der Waals surface area contributed by atoms with E-state index >= 15 is 0 Å². The largest absolute Gasteiger partial charge is 0.481 e. The standard InChI is InChI=1S/C15H26N2O2S/c1-4-5-6-7-9-17(10-8-14(18)19)15-16-13(11-20-15)12(2)3/h11-12H,4-10H2,1-3H3,(H,18,19). The fraction of sp³-hybridized carbons (Fsp3) is 0.733. The highest BCUT2D eigenvalue weighted by Gasteiger charge is 2.13. The van der Waals surface area contributed by atoms with E-state index in [-0.39, 0.29) is 6.42 Å². The molecule has 1 aromatic heterocycles. The van der Waals surface area contributed by atoms with Gasteiger partial charge in [0.25, 0.3) is 0 Å². The van der Waals surface area contributed by atoms with Crippen LogP contribution in [-0.2, 0) is 4.79 Å². The maximum absolute atomic E-state index is 10.8. The highest BCUT2D eigenvalue weighted by Crippen LogP contribution is 2.25. The molecule has 0 radical (unpaired) electrons. The zero-order valence-corrected chi connectivity index (χ0v) is 13.6. The van der Waals surface area contributed by atoms with Crippen LogP contribution in [0.5, 0.6) is 0 Å². The predicted octanol–water partition coefficient (Wildman–Crippen LogP) is 4.13. The Morgan fingerprint density at radius 2 is 2.10 bits per heavy atom. The van der Waals surface area contributed by atoms with Gasteiger partial charge >= 0.3 is 5.97 Å². The summed E-state index contributed by atoms with van der Waals surface area (Å²) in [5.74, 6) is -0.328. The molecular weight excluding hydrogens is 272 g/mol. The summed E-state index contributed by atoms with van der Waals surface area (Å²) < 4.78 is 0. The molecule has 0 aliphatic heterocycles. The van der Waals surface area contributed by atoms with Crippen LogP contribution in [0.2, 0.25) is 0 Å². The van der Waals surface area contributed by atoms with E-state index < -0.39 is 5.97 Å². The second kappa shape index (κ2) is 8.95. The first-order chi connectivity index (χ1) is 9.54. The van der Waals surface area contributed by atoms with E-state index in [0.29, 0.717) is 12.5 Å². The van der Waals surface area contributed by atoms with Crippen LogP contribution in [0.15, 0.2) is 5.38 Å². The fourth-order valence-corrected chi connectivity index (χ4v) is 2.99. The number of hydrogen-bond donors (Lipinski definition) is 1. The number of aromatic nitrogens is 1. The van der Waals surface area contributed by atoms with Crippen molar-refractivity contribution in [1.29, 1.82) is 0 Å². The maximum Gasteiger partial charge on any atom is 0.305 e. The number of nitrogens with zero attached hydrogens (tertiary/aromatic N) is 2. The molecule has 1 N–H and O–H groups in total. The molecule has 0 amide bonds. The Labute approximate surface area is 125 Å². The lowest BCUT2D eigenvalue weighted by Crippen LogP contribution is -2.27. The zero-order valence-electron chi connectivity index (χ0n) is 12.8. The third-order valence-corrected chi connectivity index (χ3v) is 4.17. The van der Waals surface area contributed by atoms with E-state index in [1.807, 2.05) is 0 Å². The van der Waals surface area contributed by atoms with Gasteiger partial charge in [0.15, 0.2) is 5.13 Å². The first-order valence-electron chi connectivity index (χ1n) is 7.46. The van der Waals surface area contributed by atoms with E-state index in [1.165, 1.54) is 19.3 Å². The molecule has 0 unspecified atom stereocenters. The van der Waals surface area contributed by atoms with Gasteiger partial charge in [0.2, 0.25) is 0 Å². The van der Waals surface area contributed by atoms with Gasteiger partial charge < -0.3 is 10.0 Å². The smallest absolute Gasteiger partial charge is 0.305 e. The number of carboxylic acid groups (broad SMARTS) is 1. The molecule has 5 heteroatoms. The number of anilines is 1. The molecule has 1 rings (SSSR count). The Morgan fingerprint density at radius 1 is 1.35 bits per heavy atom. The number of carbonyl (C=O) groups is 1. The summed E-state index contributed by atoms with van der Waals surface area (Å²) in [5.41, 5.74) is 1.10. The van der Waals surface area contributed by atoms with Crippen molar-refractivity contribution in [1.82, 2.24) is 4.98 Å². The molecule has 0 saturated heterocycles. The Morgan fingerprint density at radius 3 is 2.65 bits per heavy atom. The molecule has 0 fully saturated rings. The van der Waals surface area contributed by atoms with Crippen molar-refractivity contribution < 1.29 is 9.90 Å². The predicted molar refractivity (Wildman–Crippen MR) is 84.8 cm³/mol. The normalized spacial score (nSPS) is 11.0. The van der Waals surface area contributed by atoms with Crippen LogP contribution in [0.3, 0.4) is 0 Å². The van der Waals surface area contributed by atoms with Crippen LogP contribution in [0.1, 0.15) is 64.5 Å². The van der Waals surface area contributed by atoms with E-state index in [9.17, 15) is 4.79 Å². The molecule has 1 aromatic rings. The summed E-state index contributed by atoms with van der Waals surface area (Å²) in [6.07, 6.45) is 4.92. The van der Waals surface area contributed by atoms with Gasteiger partial charge in [0.05, 0.1) is 12.1 Å². The van der Waals surface area contributed by atoms with Crippen LogP contribution in [-0.4, -0.2) is 29.1 Å². The minimum Gasteiger partial charge on any atom is -0.481 e. The Kier molecular flexibility index (Phi) is 7.59. The van der Waals surface area contributed by atoms with Gasteiger partial charge in [0.1, 0.15) is 0 Å². The van der Waals surface area contributed by atoms with E-state index in [2.05, 4.69) is 36.0 Å². The lowest BCUT2D eigenvalue weighted by atomic mass is 10.2. The Balaban J connectivity index is 2.61. The van der Waals surface area contributed by atoms with Crippen LogP contribution in [0.4, 0.5) is 5.13 Å². The molecule has 0 bridgehead atoms. The summed E-state index contributed by atoms with van der Waals surface area (Å²) in [5, 5.41) is 11.9. The van der Waals surface area contributed by atoms with Crippen molar-refractivity contribution in [3.05, 3.63) is 11.1 Å². The number of thiazole rings is 1. The van der Waals surface area contributed by atoms with Crippen molar-refractivity contribution in [2.24, 2.45) is 0 Å². The quantitative estimate of drug-likeness (QED) is 0.660. The number of aliphatic carboxylic acids is 1. The van der Waals surface area contributed by atoms with Crippen LogP contribution in [0, 0.1) is 0 Å². The van der Waals surface area contributed by atoms with Crippen LogP contribution >= 0.6 is 11.3 Å².